The first-order valence-corrected chi connectivity index (χ1v) is 21.0. The number of hydrogen-bond acceptors (Lipinski definition) is 11. The van der Waals surface area contributed by atoms with E-state index in [-0.39, 0.29) is 42.8 Å². The van der Waals surface area contributed by atoms with Gasteiger partial charge in [-0.1, -0.05) is 76.2 Å². The van der Waals surface area contributed by atoms with Gasteiger partial charge >= 0.3 is 17.9 Å². The Bertz CT molecular complexity index is 1770. The van der Waals surface area contributed by atoms with Crippen LogP contribution in [0.4, 0.5) is 0 Å². The third-order valence-electron chi connectivity index (χ3n) is 12.3. The van der Waals surface area contributed by atoms with Gasteiger partial charge in [0.05, 0.1) is 35.7 Å². The highest BCUT2D eigenvalue weighted by molar-refractivity contribution is 6.84. The molecular weight excluding hydrogens is 685 g/mol. The number of aliphatic hydroxyl groups is 2. The van der Waals surface area contributed by atoms with Crippen molar-refractivity contribution >= 4 is 37.2 Å². The summed E-state index contributed by atoms with van der Waals surface area (Å²) >= 11 is 0. The molecule has 52 heavy (non-hydrogen) atoms. The van der Waals surface area contributed by atoms with Gasteiger partial charge in [-0.3, -0.25) is 14.4 Å². The third kappa shape index (κ3) is 5.78. The Morgan fingerprint density at radius 1 is 1.00 bits per heavy atom. The lowest BCUT2D eigenvalue weighted by atomic mass is 9.45. The van der Waals surface area contributed by atoms with Crippen LogP contribution in [-0.4, -0.2) is 84.4 Å². The Labute approximate surface area is 305 Å². The van der Waals surface area contributed by atoms with E-state index >= 15 is 4.79 Å². The number of carbonyl (C=O) groups is 4. The van der Waals surface area contributed by atoms with Crippen LogP contribution in [0.25, 0.3) is 0 Å². The fourth-order valence-corrected chi connectivity index (χ4v) is 11.5. The summed E-state index contributed by atoms with van der Waals surface area (Å²) in [6, 6.07) is 17.9. The molecule has 1 saturated heterocycles. The number of hydrogen-bond donors (Lipinski definition) is 2. The lowest BCUT2D eigenvalue weighted by Gasteiger charge is -2.67. The SMILES string of the molecule is CCC(=O)OC1=C2C(C)[C@@H](O)C[C@@](O)([C@@H](OC(=O)c3ccccc3)[C@@H]3[C@]4(OC(C)=O)CO[C@@H]4C[C@H](O[Si](C)(C)c4ccccc4)[C@@]3(C)C1=O)C2(C)C. The number of benzene rings is 2. The van der Waals surface area contributed by atoms with Crippen molar-refractivity contribution in [3.8, 4) is 0 Å². The number of rotatable bonds is 8. The fourth-order valence-electron chi connectivity index (χ4n) is 9.35. The summed E-state index contributed by atoms with van der Waals surface area (Å²) in [6.45, 7) is 13.5. The van der Waals surface area contributed by atoms with Crippen LogP contribution in [-0.2, 0) is 37.8 Å². The molecular formula is C40H50O11Si. The number of carbonyl (C=O) groups excluding carboxylic acids is 4. The molecule has 2 N–H and O–H groups in total. The van der Waals surface area contributed by atoms with Gasteiger partial charge in [-0.25, -0.2) is 4.79 Å². The number of fused-ring (bicyclic) bond motifs is 5. The van der Waals surface area contributed by atoms with E-state index in [1.807, 2.05) is 43.4 Å². The normalized spacial score (nSPS) is 35.2. The molecule has 2 aromatic rings. The highest BCUT2D eigenvalue weighted by atomic mass is 28.4. The van der Waals surface area contributed by atoms with Gasteiger partial charge < -0.3 is 33.6 Å². The van der Waals surface area contributed by atoms with Gasteiger partial charge in [-0.2, -0.15) is 0 Å². The van der Waals surface area contributed by atoms with Gasteiger partial charge in [-0.15, -0.1) is 0 Å². The number of ketones is 1. The number of esters is 3. The maximum absolute atomic E-state index is 15.8. The van der Waals surface area contributed by atoms with Crippen molar-refractivity contribution in [1.82, 2.24) is 0 Å². The third-order valence-corrected chi connectivity index (χ3v) is 14.9. The molecule has 0 aromatic heterocycles. The molecule has 0 amide bonds. The first kappa shape index (κ1) is 38.1. The minimum atomic E-state index is -2.85. The molecule has 280 valence electrons. The lowest BCUT2D eigenvalue weighted by molar-refractivity contribution is -0.344. The number of Topliss-reactive ketones (excluding diaryl/α,β-unsaturated/α-hetero) is 1. The summed E-state index contributed by atoms with van der Waals surface area (Å²) in [6.07, 6.45) is -4.79. The van der Waals surface area contributed by atoms with Crippen molar-refractivity contribution in [2.24, 2.45) is 22.7 Å². The van der Waals surface area contributed by atoms with Crippen LogP contribution in [0.1, 0.15) is 71.2 Å². The van der Waals surface area contributed by atoms with Crippen LogP contribution < -0.4 is 5.19 Å². The van der Waals surface area contributed by atoms with Crippen LogP contribution in [0.5, 0.6) is 0 Å². The first-order chi connectivity index (χ1) is 24.3. The van der Waals surface area contributed by atoms with Gasteiger partial charge in [0.2, 0.25) is 14.1 Å². The minimum absolute atomic E-state index is 0.0513. The summed E-state index contributed by atoms with van der Waals surface area (Å²) in [4.78, 5) is 56.2. The average Bonchev–Trinajstić information content (AvgIpc) is 3.09. The summed E-state index contributed by atoms with van der Waals surface area (Å²) in [5.74, 6) is -5.08. The smallest absolute Gasteiger partial charge is 0.338 e. The molecule has 1 unspecified atom stereocenters. The highest BCUT2D eigenvalue weighted by Crippen LogP contribution is 2.65. The Kier molecular flexibility index (Phi) is 9.74. The quantitative estimate of drug-likeness (QED) is 0.226. The van der Waals surface area contributed by atoms with Crippen molar-refractivity contribution < 1.29 is 52.8 Å². The van der Waals surface area contributed by atoms with Gasteiger partial charge in [0.25, 0.3) is 0 Å². The molecule has 2 bridgehead atoms. The van der Waals surface area contributed by atoms with Crippen molar-refractivity contribution in [1.29, 1.82) is 0 Å². The van der Waals surface area contributed by atoms with E-state index in [0.29, 0.717) is 0 Å². The zero-order chi connectivity index (χ0) is 38.0. The molecule has 6 rings (SSSR count). The van der Waals surface area contributed by atoms with E-state index in [1.165, 1.54) is 6.92 Å². The van der Waals surface area contributed by atoms with E-state index < -0.39 is 90.3 Å². The average molecular weight is 735 g/mol. The highest BCUT2D eigenvalue weighted by Gasteiger charge is 2.78. The number of ether oxygens (including phenoxy) is 4. The van der Waals surface area contributed by atoms with E-state index in [4.69, 9.17) is 23.4 Å². The van der Waals surface area contributed by atoms with Crippen molar-refractivity contribution in [3.05, 3.63) is 77.6 Å². The van der Waals surface area contributed by atoms with Crippen LogP contribution in [0, 0.1) is 22.7 Å². The molecule has 0 spiro atoms. The number of allylic oxidation sites excluding steroid dienone is 1. The van der Waals surface area contributed by atoms with Crippen LogP contribution in [0.2, 0.25) is 13.1 Å². The summed E-state index contributed by atoms with van der Waals surface area (Å²) in [5, 5.41) is 26.0. The van der Waals surface area contributed by atoms with Crippen molar-refractivity contribution in [3.63, 3.8) is 0 Å². The molecule has 3 aliphatic carbocycles. The molecule has 1 heterocycles. The predicted molar refractivity (Wildman–Crippen MR) is 191 cm³/mol. The monoisotopic (exact) mass is 734 g/mol. The first-order valence-electron chi connectivity index (χ1n) is 18.1. The predicted octanol–water partition coefficient (Wildman–Crippen LogP) is 4.38. The van der Waals surface area contributed by atoms with Gasteiger partial charge in [0.15, 0.2) is 11.4 Å². The maximum Gasteiger partial charge on any atom is 0.338 e. The fraction of sp³-hybridized carbons (Fsp3) is 0.550. The zero-order valence-corrected chi connectivity index (χ0v) is 32.1. The molecule has 3 fully saturated rings. The van der Waals surface area contributed by atoms with E-state index in [9.17, 15) is 24.6 Å². The molecule has 2 saturated carbocycles. The number of aliphatic hydroxyl groups excluding tert-OH is 1. The lowest BCUT2D eigenvalue weighted by Crippen LogP contribution is -2.81. The Morgan fingerprint density at radius 2 is 1.62 bits per heavy atom. The van der Waals surface area contributed by atoms with Crippen molar-refractivity contribution in [2.45, 2.75) is 110 Å². The minimum Gasteiger partial charge on any atom is -0.455 e. The molecule has 9 atom stereocenters. The van der Waals surface area contributed by atoms with Gasteiger partial charge in [0.1, 0.15) is 17.8 Å². The second kappa shape index (κ2) is 13.3. The second-order valence-corrected chi connectivity index (χ2v) is 19.9. The standard InChI is InChI=1S/C40H50O11Si/c1-9-30(43)48-32-31-23(2)27(42)21-40(46,37(31,4)5)35(49-36(45)25-16-12-10-13-17-25)33-38(6,34(32)44)28(20-29-39(33,22-47-29)50-24(3)41)51-52(7,8)26-18-14-11-15-19-26/h10-19,23,27-29,33,35,42,46H,9,20-22H2,1-8H3/t23?,27-,28-,29+,33-,35-,38+,39-,40+/m0/s1. The molecule has 12 heteroatoms. The molecule has 11 nitrogen and oxygen atoms in total. The van der Waals surface area contributed by atoms with E-state index in [1.54, 1.807) is 65.0 Å². The molecule has 1 aliphatic heterocycles. The molecule has 4 aliphatic rings. The zero-order valence-electron chi connectivity index (χ0n) is 31.1. The summed E-state index contributed by atoms with van der Waals surface area (Å²) in [5.41, 5.74) is -6.44. The van der Waals surface area contributed by atoms with Crippen molar-refractivity contribution in [2.75, 3.05) is 6.61 Å². The maximum atomic E-state index is 15.8. The topological polar surface area (TPSA) is 155 Å². The molecule has 0 radical (unpaired) electrons. The second-order valence-electron chi connectivity index (χ2n) is 16.0. The largest absolute Gasteiger partial charge is 0.455 e. The van der Waals surface area contributed by atoms with Crippen LogP contribution in [0.15, 0.2) is 72.0 Å². The van der Waals surface area contributed by atoms with Crippen LogP contribution >= 0.6 is 0 Å². The summed E-state index contributed by atoms with van der Waals surface area (Å²) < 4.78 is 32.0. The molecule has 2 aromatic carbocycles. The van der Waals surface area contributed by atoms with Gasteiger partial charge in [0, 0.05) is 37.5 Å². The summed E-state index contributed by atoms with van der Waals surface area (Å²) in [7, 11) is -2.85. The van der Waals surface area contributed by atoms with Gasteiger partial charge in [-0.05, 0) is 42.9 Å². The Hall–Kier alpha value is -3.68. The Morgan fingerprint density at radius 3 is 2.17 bits per heavy atom. The van der Waals surface area contributed by atoms with Crippen LogP contribution in [0.3, 0.4) is 0 Å². The van der Waals surface area contributed by atoms with E-state index in [2.05, 4.69) is 0 Å². The van der Waals surface area contributed by atoms with E-state index in [0.717, 1.165) is 5.19 Å². The Balaban J connectivity index is 1.69.